The van der Waals surface area contributed by atoms with Gasteiger partial charge >= 0.3 is 5.97 Å². The summed E-state index contributed by atoms with van der Waals surface area (Å²) >= 11 is 0. The average molecular weight is 237 g/mol. The van der Waals surface area contributed by atoms with Crippen LogP contribution >= 0.6 is 0 Å². The SMILES string of the molecule is CCOC(=O)c1nnc(C)n1C1CCC(C)C1. The van der Waals surface area contributed by atoms with Gasteiger partial charge in [0.2, 0.25) is 5.82 Å². The van der Waals surface area contributed by atoms with Gasteiger partial charge in [-0.15, -0.1) is 10.2 Å². The summed E-state index contributed by atoms with van der Waals surface area (Å²) in [5.74, 6) is 1.49. The van der Waals surface area contributed by atoms with Gasteiger partial charge in [0.1, 0.15) is 5.82 Å². The van der Waals surface area contributed by atoms with Gasteiger partial charge in [-0.25, -0.2) is 4.79 Å². The Bertz CT molecular complexity index is 414. The molecule has 17 heavy (non-hydrogen) atoms. The molecule has 94 valence electrons. The van der Waals surface area contributed by atoms with Crippen molar-refractivity contribution in [3.05, 3.63) is 11.6 Å². The van der Waals surface area contributed by atoms with Gasteiger partial charge in [-0.1, -0.05) is 6.92 Å². The lowest BCUT2D eigenvalue weighted by atomic mass is 10.1. The van der Waals surface area contributed by atoms with E-state index in [2.05, 4.69) is 17.1 Å². The van der Waals surface area contributed by atoms with Crippen molar-refractivity contribution in [3.8, 4) is 0 Å². The van der Waals surface area contributed by atoms with Crippen LogP contribution in [0.4, 0.5) is 0 Å². The first-order valence-corrected chi connectivity index (χ1v) is 6.22. The van der Waals surface area contributed by atoms with Gasteiger partial charge in [-0.2, -0.15) is 0 Å². The molecular formula is C12H19N3O2. The van der Waals surface area contributed by atoms with Crippen LogP contribution in [-0.4, -0.2) is 27.3 Å². The molecule has 0 bridgehead atoms. The second-order valence-corrected chi connectivity index (χ2v) is 4.73. The second-order valence-electron chi connectivity index (χ2n) is 4.73. The number of carbonyl (C=O) groups excluding carboxylic acids is 1. The number of rotatable bonds is 3. The normalized spacial score (nSPS) is 23.9. The van der Waals surface area contributed by atoms with Crippen molar-refractivity contribution < 1.29 is 9.53 Å². The fourth-order valence-corrected chi connectivity index (χ4v) is 2.55. The van der Waals surface area contributed by atoms with Crippen LogP contribution in [0.2, 0.25) is 0 Å². The van der Waals surface area contributed by atoms with Crippen molar-refractivity contribution in [2.45, 2.75) is 46.1 Å². The highest BCUT2D eigenvalue weighted by atomic mass is 16.5. The predicted octanol–water partition coefficient (Wildman–Crippen LogP) is 2.12. The Morgan fingerprint density at radius 2 is 2.24 bits per heavy atom. The van der Waals surface area contributed by atoms with Crippen molar-refractivity contribution in [1.82, 2.24) is 14.8 Å². The fourth-order valence-electron chi connectivity index (χ4n) is 2.55. The largest absolute Gasteiger partial charge is 0.460 e. The van der Waals surface area contributed by atoms with Crippen molar-refractivity contribution in [1.29, 1.82) is 0 Å². The molecule has 2 atom stereocenters. The fraction of sp³-hybridized carbons (Fsp3) is 0.750. The molecule has 0 aliphatic heterocycles. The zero-order valence-electron chi connectivity index (χ0n) is 10.6. The van der Waals surface area contributed by atoms with E-state index in [1.807, 2.05) is 11.5 Å². The molecular weight excluding hydrogens is 218 g/mol. The van der Waals surface area contributed by atoms with Crippen LogP contribution in [0.25, 0.3) is 0 Å². The minimum atomic E-state index is -0.368. The van der Waals surface area contributed by atoms with Crippen LogP contribution in [0.3, 0.4) is 0 Å². The van der Waals surface area contributed by atoms with Gasteiger partial charge < -0.3 is 9.30 Å². The van der Waals surface area contributed by atoms with E-state index < -0.39 is 0 Å². The van der Waals surface area contributed by atoms with Crippen LogP contribution in [-0.2, 0) is 4.74 Å². The first kappa shape index (κ1) is 12.1. The topological polar surface area (TPSA) is 57.0 Å². The van der Waals surface area contributed by atoms with Crippen molar-refractivity contribution >= 4 is 5.97 Å². The molecule has 0 aromatic carbocycles. The third-order valence-electron chi connectivity index (χ3n) is 3.36. The summed E-state index contributed by atoms with van der Waals surface area (Å²) in [5, 5.41) is 7.94. The molecule has 5 nitrogen and oxygen atoms in total. The lowest BCUT2D eigenvalue weighted by Crippen LogP contribution is -2.17. The summed E-state index contributed by atoms with van der Waals surface area (Å²) in [6.07, 6.45) is 3.38. The zero-order valence-corrected chi connectivity index (χ0v) is 10.6. The molecule has 0 N–H and O–H groups in total. The first-order chi connectivity index (χ1) is 8.13. The van der Waals surface area contributed by atoms with Gasteiger partial charge in [0.05, 0.1) is 6.61 Å². The summed E-state index contributed by atoms with van der Waals surface area (Å²) in [7, 11) is 0. The maximum atomic E-state index is 11.8. The Morgan fingerprint density at radius 1 is 1.47 bits per heavy atom. The van der Waals surface area contributed by atoms with E-state index in [1.54, 1.807) is 6.92 Å². The van der Waals surface area contributed by atoms with Crippen molar-refractivity contribution in [2.75, 3.05) is 6.61 Å². The van der Waals surface area contributed by atoms with Crippen LogP contribution in [0.15, 0.2) is 0 Å². The molecule has 0 spiro atoms. The smallest absolute Gasteiger partial charge is 0.376 e. The van der Waals surface area contributed by atoms with E-state index in [4.69, 9.17) is 4.74 Å². The maximum absolute atomic E-state index is 11.8. The van der Waals surface area contributed by atoms with Gasteiger partial charge in [-0.3, -0.25) is 0 Å². The number of nitrogens with zero attached hydrogens (tertiary/aromatic N) is 3. The zero-order chi connectivity index (χ0) is 12.4. The number of hydrogen-bond acceptors (Lipinski definition) is 4. The number of aromatic nitrogens is 3. The van der Waals surface area contributed by atoms with Gasteiger partial charge in [0.15, 0.2) is 0 Å². The number of hydrogen-bond donors (Lipinski definition) is 0. The highest BCUT2D eigenvalue weighted by Crippen LogP contribution is 2.35. The van der Waals surface area contributed by atoms with Crippen LogP contribution in [0, 0.1) is 12.8 Å². The average Bonchev–Trinajstić information content (AvgIpc) is 2.85. The summed E-state index contributed by atoms with van der Waals surface area (Å²) in [5.41, 5.74) is 0. The first-order valence-electron chi connectivity index (χ1n) is 6.22. The van der Waals surface area contributed by atoms with E-state index >= 15 is 0 Å². The Morgan fingerprint density at radius 3 is 2.82 bits per heavy atom. The molecule has 1 fully saturated rings. The van der Waals surface area contributed by atoms with E-state index in [1.165, 1.54) is 6.42 Å². The molecule has 2 rings (SSSR count). The molecule has 1 aliphatic carbocycles. The predicted molar refractivity (Wildman–Crippen MR) is 62.8 cm³/mol. The molecule has 2 unspecified atom stereocenters. The maximum Gasteiger partial charge on any atom is 0.376 e. The van der Waals surface area contributed by atoms with Crippen LogP contribution < -0.4 is 0 Å². The van der Waals surface area contributed by atoms with E-state index in [-0.39, 0.29) is 5.97 Å². The third kappa shape index (κ3) is 2.33. The molecule has 0 amide bonds. The Balaban J connectivity index is 2.26. The molecule has 1 heterocycles. The Labute approximate surface area is 101 Å². The summed E-state index contributed by atoms with van der Waals surface area (Å²) in [6.45, 7) is 6.29. The summed E-state index contributed by atoms with van der Waals surface area (Å²) in [6, 6.07) is 0.347. The highest BCUT2D eigenvalue weighted by Gasteiger charge is 2.29. The molecule has 1 aromatic heterocycles. The lowest BCUT2D eigenvalue weighted by Gasteiger charge is -2.15. The quantitative estimate of drug-likeness (QED) is 0.756. The molecule has 1 aliphatic rings. The van der Waals surface area contributed by atoms with Crippen LogP contribution in [0.1, 0.15) is 55.6 Å². The van der Waals surface area contributed by atoms with Gasteiger partial charge in [-0.05, 0) is 39.0 Å². The summed E-state index contributed by atoms with van der Waals surface area (Å²) < 4.78 is 6.95. The Kier molecular flexibility index (Phi) is 3.45. The number of aryl methyl sites for hydroxylation is 1. The highest BCUT2D eigenvalue weighted by molar-refractivity contribution is 5.85. The van der Waals surface area contributed by atoms with Crippen LogP contribution in [0.5, 0.6) is 0 Å². The molecule has 1 saturated carbocycles. The molecule has 0 radical (unpaired) electrons. The molecule has 5 heteroatoms. The standard InChI is InChI=1S/C12H19N3O2/c1-4-17-12(16)11-14-13-9(3)15(11)10-6-5-8(2)7-10/h8,10H,4-7H2,1-3H3. The number of carbonyl (C=O) groups is 1. The summed E-state index contributed by atoms with van der Waals surface area (Å²) in [4.78, 5) is 11.8. The Hall–Kier alpha value is -1.39. The lowest BCUT2D eigenvalue weighted by molar-refractivity contribution is 0.0502. The number of esters is 1. The van der Waals surface area contributed by atoms with E-state index in [0.717, 1.165) is 18.7 Å². The van der Waals surface area contributed by atoms with E-state index in [9.17, 15) is 4.79 Å². The van der Waals surface area contributed by atoms with Crippen molar-refractivity contribution in [2.24, 2.45) is 5.92 Å². The molecule has 0 saturated heterocycles. The van der Waals surface area contributed by atoms with Gasteiger partial charge in [0, 0.05) is 6.04 Å². The minimum Gasteiger partial charge on any atom is -0.460 e. The van der Waals surface area contributed by atoms with E-state index in [0.29, 0.717) is 24.4 Å². The third-order valence-corrected chi connectivity index (χ3v) is 3.36. The monoisotopic (exact) mass is 237 g/mol. The van der Waals surface area contributed by atoms with Gasteiger partial charge in [0.25, 0.3) is 0 Å². The number of ether oxygens (including phenoxy) is 1. The molecule has 1 aromatic rings. The second kappa shape index (κ2) is 4.85. The minimum absolute atomic E-state index is 0.347. The van der Waals surface area contributed by atoms with Crippen molar-refractivity contribution in [3.63, 3.8) is 0 Å².